The maximum atomic E-state index is 12.8. The lowest BCUT2D eigenvalue weighted by atomic mass is 10.1. The zero-order chi connectivity index (χ0) is 18.0. The minimum Gasteiger partial charge on any atom is -0.495 e. The Kier molecular flexibility index (Phi) is 5.31. The second-order valence-electron chi connectivity index (χ2n) is 6.72. The van der Waals surface area contributed by atoms with Crippen LogP contribution in [-0.4, -0.2) is 59.1 Å². The highest BCUT2D eigenvalue weighted by molar-refractivity contribution is 7.89. The fraction of sp³-hybridized carbons (Fsp3) is 0.588. The molecule has 1 aromatic rings. The number of nitrogens with zero attached hydrogens (tertiary/aromatic N) is 1. The smallest absolute Gasteiger partial charge is 0.253 e. The highest BCUT2D eigenvalue weighted by Gasteiger charge is 2.31. The second-order valence-corrected chi connectivity index (χ2v) is 8.41. The van der Waals surface area contributed by atoms with E-state index in [0.717, 1.165) is 25.8 Å². The molecule has 1 saturated heterocycles. The van der Waals surface area contributed by atoms with Crippen LogP contribution in [0.2, 0.25) is 0 Å². The first-order valence-electron chi connectivity index (χ1n) is 8.59. The highest BCUT2D eigenvalue weighted by Crippen LogP contribution is 2.29. The van der Waals surface area contributed by atoms with Gasteiger partial charge in [0.1, 0.15) is 10.6 Å². The summed E-state index contributed by atoms with van der Waals surface area (Å²) < 4.78 is 33.0. The van der Waals surface area contributed by atoms with Gasteiger partial charge in [-0.25, -0.2) is 13.1 Å². The van der Waals surface area contributed by atoms with Gasteiger partial charge in [0, 0.05) is 24.7 Å². The summed E-state index contributed by atoms with van der Waals surface area (Å²) in [4.78, 5) is 14.6. The van der Waals surface area contributed by atoms with E-state index in [4.69, 9.17) is 4.74 Å². The largest absolute Gasteiger partial charge is 0.495 e. The zero-order valence-electron chi connectivity index (χ0n) is 14.6. The van der Waals surface area contributed by atoms with Crippen molar-refractivity contribution < 1.29 is 17.9 Å². The van der Waals surface area contributed by atoms with Crippen LogP contribution in [0.5, 0.6) is 5.75 Å². The molecule has 2 N–H and O–H groups in total. The van der Waals surface area contributed by atoms with Gasteiger partial charge in [0.15, 0.2) is 0 Å². The Bertz CT molecular complexity index is 746. The monoisotopic (exact) mass is 367 g/mol. The number of hydrogen-bond donors (Lipinski definition) is 2. The molecule has 1 aliphatic heterocycles. The third-order valence-electron chi connectivity index (χ3n) is 4.67. The number of ether oxygens (including phenoxy) is 1. The van der Waals surface area contributed by atoms with Gasteiger partial charge in [-0.05, 0) is 57.0 Å². The van der Waals surface area contributed by atoms with Gasteiger partial charge in [0.25, 0.3) is 5.91 Å². The fourth-order valence-corrected chi connectivity index (χ4v) is 4.66. The number of rotatable bonds is 7. The first-order chi connectivity index (χ1) is 11.9. The molecule has 1 atom stereocenters. The van der Waals surface area contributed by atoms with Gasteiger partial charge in [0.2, 0.25) is 10.0 Å². The predicted octanol–water partition coefficient (Wildman–Crippen LogP) is 0.817. The molecule has 1 amide bonds. The minimum absolute atomic E-state index is 0.00468. The summed E-state index contributed by atoms with van der Waals surface area (Å²) in [6.07, 6.45) is 2.65. The molecule has 3 rings (SSSR count). The molecule has 7 nitrogen and oxygen atoms in total. The molecule has 0 spiro atoms. The number of nitrogens with one attached hydrogen (secondary N) is 2. The van der Waals surface area contributed by atoms with E-state index in [-0.39, 0.29) is 22.6 Å². The van der Waals surface area contributed by atoms with Crippen LogP contribution >= 0.6 is 0 Å². The normalized spacial score (nSPS) is 20.7. The van der Waals surface area contributed by atoms with Crippen molar-refractivity contribution in [3.63, 3.8) is 0 Å². The molecular formula is C17H25N3O4S. The van der Waals surface area contributed by atoms with Gasteiger partial charge in [-0.15, -0.1) is 0 Å². The van der Waals surface area contributed by atoms with Crippen LogP contribution in [0, 0.1) is 5.92 Å². The van der Waals surface area contributed by atoms with E-state index in [9.17, 15) is 13.2 Å². The lowest BCUT2D eigenvalue weighted by Crippen LogP contribution is -2.31. The van der Waals surface area contributed by atoms with Crippen molar-refractivity contribution in [2.45, 2.75) is 30.2 Å². The number of carbonyl (C=O) groups excluding carboxylic acids is 1. The van der Waals surface area contributed by atoms with E-state index in [1.807, 2.05) is 7.05 Å². The number of hydrogen-bond acceptors (Lipinski definition) is 5. The first kappa shape index (κ1) is 18.2. The summed E-state index contributed by atoms with van der Waals surface area (Å²) in [5.41, 5.74) is 0.377. The van der Waals surface area contributed by atoms with Gasteiger partial charge in [0.05, 0.1) is 7.11 Å². The zero-order valence-corrected chi connectivity index (χ0v) is 15.4. The molecule has 2 aliphatic rings. The summed E-state index contributed by atoms with van der Waals surface area (Å²) in [7, 11) is -0.367. The molecule has 1 unspecified atom stereocenters. The van der Waals surface area contributed by atoms with Gasteiger partial charge in [-0.2, -0.15) is 0 Å². The van der Waals surface area contributed by atoms with Gasteiger partial charge in [-0.1, -0.05) is 0 Å². The first-order valence-corrected chi connectivity index (χ1v) is 10.1. The summed E-state index contributed by atoms with van der Waals surface area (Å²) in [6.45, 7) is 2.26. The van der Waals surface area contributed by atoms with E-state index in [1.54, 1.807) is 17.0 Å². The van der Waals surface area contributed by atoms with Crippen molar-refractivity contribution in [2.24, 2.45) is 5.92 Å². The quantitative estimate of drug-likeness (QED) is 0.745. The maximum absolute atomic E-state index is 12.8. The molecule has 8 heteroatoms. The number of likely N-dealkylation sites (tertiary alicyclic amines) is 1. The van der Waals surface area contributed by atoms with E-state index in [2.05, 4.69) is 10.0 Å². The Labute approximate surface area is 148 Å². The van der Waals surface area contributed by atoms with Crippen LogP contribution in [0.4, 0.5) is 0 Å². The number of sulfonamides is 1. The molecule has 2 fully saturated rings. The average molecular weight is 367 g/mol. The number of benzene rings is 1. The Balaban J connectivity index is 1.82. The third kappa shape index (κ3) is 4.13. The highest BCUT2D eigenvalue weighted by atomic mass is 32.2. The van der Waals surface area contributed by atoms with Crippen molar-refractivity contribution in [3.8, 4) is 5.75 Å². The predicted molar refractivity (Wildman–Crippen MR) is 94.3 cm³/mol. The number of amides is 1. The Hall–Kier alpha value is -1.64. The van der Waals surface area contributed by atoms with Crippen molar-refractivity contribution in [3.05, 3.63) is 23.8 Å². The van der Waals surface area contributed by atoms with E-state index in [0.29, 0.717) is 24.6 Å². The summed E-state index contributed by atoms with van der Waals surface area (Å²) in [5, 5.41) is 3.13. The molecule has 1 heterocycles. The average Bonchev–Trinajstić information content (AvgIpc) is 3.27. The maximum Gasteiger partial charge on any atom is 0.253 e. The Morgan fingerprint density at radius 1 is 1.32 bits per heavy atom. The van der Waals surface area contributed by atoms with Gasteiger partial charge < -0.3 is 15.0 Å². The topological polar surface area (TPSA) is 87.7 Å². The van der Waals surface area contributed by atoms with Crippen LogP contribution in [0.3, 0.4) is 0 Å². The summed E-state index contributed by atoms with van der Waals surface area (Å²) in [6, 6.07) is 4.60. The molecule has 1 saturated carbocycles. The van der Waals surface area contributed by atoms with Crippen molar-refractivity contribution in [1.82, 2.24) is 14.9 Å². The molecule has 1 aliphatic carbocycles. The van der Waals surface area contributed by atoms with Crippen molar-refractivity contribution >= 4 is 15.9 Å². The van der Waals surface area contributed by atoms with E-state index < -0.39 is 10.0 Å². The fourth-order valence-electron chi connectivity index (χ4n) is 3.16. The summed E-state index contributed by atoms with van der Waals surface area (Å²) in [5.74, 6) is 0.551. The van der Waals surface area contributed by atoms with Gasteiger partial charge >= 0.3 is 0 Å². The number of methoxy groups -OCH3 is 1. The second kappa shape index (κ2) is 7.31. The Morgan fingerprint density at radius 3 is 2.72 bits per heavy atom. The lowest BCUT2D eigenvalue weighted by Gasteiger charge is -2.18. The molecule has 1 aromatic carbocycles. The Morgan fingerprint density at radius 2 is 2.08 bits per heavy atom. The van der Waals surface area contributed by atoms with Crippen LogP contribution < -0.4 is 14.8 Å². The van der Waals surface area contributed by atoms with Crippen LogP contribution in [0.25, 0.3) is 0 Å². The third-order valence-corrected chi connectivity index (χ3v) is 6.21. The van der Waals surface area contributed by atoms with Crippen LogP contribution in [-0.2, 0) is 10.0 Å². The SMILES string of the molecule is CNCC1CCN(C(=O)c2ccc(OC)c(S(=O)(=O)NC3CC3)c2)C1. The minimum atomic E-state index is -3.69. The molecule has 0 aromatic heterocycles. The van der Waals surface area contributed by atoms with Gasteiger partial charge in [-0.3, -0.25) is 4.79 Å². The molecule has 0 radical (unpaired) electrons. The molecule has 138 valence electrons. The summed E-state index contributed by atoms with van der Waals surface area (Å²) >= 11 is 0. The lowest BCUT2D eigenvalue weighted by molar-refractivity contribution is 0.0787. The van der Waals surface area contributed by atoms with Crippen molar-refractivity contribution in [1.29, 1.82) is 0 Å². The van der Waals surface area contributed by atoms with E-state index in [1.165, 1.54) is 13.2 Å². The molecule has 25 heavy (non-hydrogen) atoms. The standard InChI is InChI=1S/C17H25N3O4S/c1-18-10-12-7-8-20(11-12)17(21)13-3-6-15(24-2)16(9-13)25(22,23)19-14-4-5-14/h3,6,9,12,14,18-19H,4-5,7-8,10-11H2,1-2H3. The van der Waals surface area contributed by atoms with Crippen molar-refractivity contribution in [2.75, 3.05) is 33.8 Å². The molecule has 0 bridgehead atoms. The molecular weight excluding hydrogens is 342 g/mol. The number of carbonyl (C=O) groups is 1. The van der Waals surface area contributed by atoms with Crippen LogP contribution in [0.15, 0.2) is 23.1 Å². The van der Waals surface area contributed by atoms with Crippen LogP contribution in [0.1, 0.15) is 29.6 Å². The van der Waals surface area contributed by atoms with E-state index >= 15 is 0 Å².